The molecule has 1 aromatic rings. The monoisotopic (exact) mass is 180 g/mol. The van der Waals surface area contributed by atoms with E-state index in [-0.39, 0.29) is 0 Å². The van der Waals surface area contributed by atoms with E-state index in [2.05, 4.69) is 44.4 Å². The van der Waals surface area contributed by atoms with E-state index in [0.29, 0.717) is 5.25 Å². The van der Waals surface area contributed by atoms with E-state index in [1.807, 2.05) is 11.8 Å². The van der Waals surface area contributed by atoms with Crippen LogP contribution in [0.25, 0.3) is 0 Å². The number of benzene rings is 1. The Balaban J connectivity index is 2.86. The van der Waals surface area contributed by atoms with Crippen LogP contribution in [0.3, 0.4) is 0 Å². The van der Waals surface area contributed by atoms with Gasteiger partial charge in [-0.1, -0.05) is 31.2 Å². The summed E-state index contributed by atoms with van der Waals surface area (Å²) in [6.07, 6.45) is 3.29. The summed E-state index contributed by atoms with van der Waals surface area (Å²) < 4.78 is 0. The molecule has 0 aliphatic carbocycles. The van der Waals surface area contributed by atoms with Gasteiger partial charge in [0.2, 0.25) is 0 Å². The third kappa shape index (κ3) is 2.28. The molecule has 1 rings (SSSR count). The van der Waals surface area contributed by atoms with Crippen LogP contribution in [0.5, 0.6) is 0 Å². The molecule has 1 heteroatoms. The first kappa shape index (κ1) is 9.66. The Hall–Kier alpha value is -0.430. The smallest absolute Gasteiger partial charge is 0.0266 e. The van der Waals surface area contributed by atoms with Crippen molar-refractivity contribution in [3.63, 3.8) is 0 Å². The maximum absolute atomic E-state index is 2.31. The Bertz CT molecular complexity index is 243. The first-order chi connectivity index (χ1) is 5.77. The Morgan fingerprint density at radius 1 is 1.42 bits per heavy atom. The Morgan fingerprint density at radius 3 is 2.75 bits per heavy atom. The summed E-state index contributed by atoms with van der Waals surface area (Å²) >= 11 is 1.90. The maximum Gasteiger partial charge on any atom is 0.0266 e. The minimum Gasteiger partial charge on any atom is -0.158 e. The lowest BCUT2D eigenvalue weighted by Crippen LogP contribution is -1.89. The molecular weight excluding hydrogens is 164 g/mol. The number of aryl methyl sites for hydroxylation is 1. The number of thioether (sulfide) groups is 1. The molecule has 0 spiro atoms. The molecule has 0 aromatic heterocycles. The van der Waals surface area contributed by atoms with Crippen LogP contribution in [0, 0.1) is 0 Å². The minimum absolute atomic E-state index is 0.622. The molecule has 0 N–H and O–H groups in total. The molecule has 0 aliphatic rings. The van der Waals surface area contributed by atoms with Crippen LogP contribution >= 0.6 is 11.8 Å². The fraction of sp³-hybridized carbons (Fsp3) is 0.455. The molecule has 66 valence electrons. The average Bonchev–Trinajstić information content (AvgIpc) is 2.17. The molecule has 0 bridgehead atoms. The van der Waals surface area contributed by atoms with Crippen LogP contribution in [0.15, 0.2) is 24.3 Å². The zero-order valence-corrected chi connectivity index (χ0v) is 8.82. The second-order valence-electron chi connectivity index (χ2n) is 2.98. The van der Waals surface area contributed by atoms with Crippen molar-refractivity contribution in [3.8, 4) is 0 Å². The van der Waals surface area contributed by atoms with Crippen molar-refractivity contribution in [3.05, 3.63) is 35.4 Å². The fourth-order valence-electron chi connectivity index (χ4n) is 1.20. The predicted octanol–water partition coefficient (Wildman–Crippen LogP) is 3.67. The second-order valence-corrected chi connectivity index (χ2v) is 4.16. The van der Waals surface area contributed by atoms with Crippen LogP contribution in [-0.2, 0) is 6.42 Å². The molecule has 0 heterocycles. The van der Waals surface area contributed by atoms with Gasteiger partial charge in [-0.15, -0.1) is 0 Å². The normalized spacial score (nSPS) is 12.9. The van der Waals surface area contributed by atoms with Crippen LogP contribution in [0.1, 0.15) is 30.2 Å². The van der Waals surface area contributed by atoms with Gasteiger partial charge in [0, 0.05) is 5.25 Å². The second kappa shape index (κ2) is 4.56. The van der Waals surface area contributed by atoms with Gasteiger partial charge in [0.25, 0.3) is 0 Å². The zero-order valence-electron chi connectivity index (χ0n) is 8.00. The van der Waals surface area contributed by atoms with Crippen LogP contribution in [0.4, 0.5) is 0 Å². The number of rotatable bonds is 3. The van der Waals surface area contributed by atoms with Crippen molar-refractivity contribution in [2.45, 2.75) is 25.5 Å². The van der Waals surface area contributed by atoms with E-state index in [4.69, 9.17) is 0 Å². The van der Waals surface area contributed by atoms with Gasteiger partial charge in [-0.25, -0.2) is 0 Å². The van der Waals surface area contributed by atoms with Gasteiger partial charge in [-0.3, -0.25) is 0 Å². The highest BCUT2D eigenvalue weighted by Gasteiger charge is 2.02. The summed E-state index contributed by atoms with van der Waals surface area (Å²) in [7, 11) is 0. The van der Waals surface area contributed by atoms with Gasteiger partial charge in [0.05, 0.1) is 0 Å². The van der Waals surface area contributed by atoms with E-state index in [1.165, 1.54) is 11.1 Å². The quantitative estimate of drug-likeness (QED) is 0.684. The third-order valence-corrected chi connectivity index (χ3v) is 3.16. The van der Waals surface area contributed by atoms with Crippen molar-refractivity contribution in [1.82, 2.24) is 0 Å². The summed E-state index contributed by atoms with van der Waals surface area (Å²) in [5.74, 6) is 0. The first-order valence-electron chi connectivity index (χ1n) is 4.39. The standard InChI is InChI=1S/C11H16S/c1-4-10-6-5-7-11(8-10)9(2)12-3/h5-9H,4H2,1-3H3. The van der Waals surface area contributed by atoms with Crippen LogP contribution < -0.4 is 0 Å². The van der Waals surface area contributed by atoms with Gasteiger partial charge in [-0.2, -0.15) is 11.8 Å². The lowest BCUT2D eigenvalue weighted by molar-refractivity contribution is 1.07. The molecule has 0 radical (unpaired) electrons. The predicted molar refractivity (Wildman–Crippen MR) is 57.8 cm³/mol. The molecule has 1 unspecified atom stereocenters. The van der Waals surface area contributed by atoms with Crippen LogP contribution in [0.2, 0.25) is 0 Å². The molecule has 1 atom stereocenters. The zero-order chi connectivity index (χ0) is 8.97. The summed E-state index contributed by atoms with van der Waals surface area (Å²) in [4.78, 5) is 0. The topological polar surface area (TPSA) is 0 Å². The van der Waals surface area contributed by atoms with Crippen molar-refractivity contribution in [1.29, 1.82) is 0 Å². The third-order valence-electron chi connectivity index (χ3n) is 2.18. The van der Waals surface area contributed by atoms with Gasteiger partial charge >= 0.3 is 0 Å². The van der Waals surface area contributed by atoms with Gasteiger partial charge in [0.15, 0.2) is 0 Å². The molecule has 12 heavy (non-hydrogen) atoms. The summed E-state index contributed by atoms with van der Waals surface area (Å²) in [5, 5.41) is 0.622. The van der Waals surface area contributed by atoms with Crippen molar-refractivity contribution in [2.75, 3.05) is 6.26 Å². The highest BCUT2D eigenvalue weighted by atomic mass is 32.2. The molecular formula is C11H16S. The molecule has 1 aromatic carbocycles. The lowest BCUT2D eigenvalue weighted by atomic mass is 10.1. The highest BCUT2D eigenvalue weighted by molar-refractivity contribution is 7.98. The Morgan fingerprint density at radius 2 is 2.17 bits per heavy atom. The minimum atomic E-state index is 0.622. The van der Waals surface area contributed by atoms with E-state index >= 15 is 0 Å². The first-order valence-corrected chi connectivity index (χ1v) is 5.68. The van der Waals surface area contributed by atoms with Gasteiger partial charge < -0.3 is 0 Å². The SMILES string of the molecule is CCc1cccc(C(C)SC)c1. The molecule has 0 amide bonds. The molecule has 0 fully saturated rings. The van der Waals surface area contributed by atoms with Crippen molar-refractivity contribution in [2.24, 2.45) is 0 Å². The Labute approximate surface area is 79.4 Å². The largest absolute Gasteiger partial charge is 0.158 e. The fourth-order valence-corrected chi connectivity index (χ4v) is 1.62. The summed E-state index contributed by atoms with van der Waals surface area (Å²) in [5.41, 5.74) is 2.88. The molecule has 0 saturated carbocycles. The van der Waals surface area contributed by atoms with Crippen molar-refractivity contribution >= 4 is 11.8 Å². The average molecular weight is 180 g/mol. The summed E-state index contributed by atoms with van der Waals surface area (Å²) in [6.45, 7) is 4.45. The van der Waals surface area contributed by atoms with E-state index in [1.54, 1.807) is 0 Å². The van der Waals surface area contributed by atoms with E-state index < -0.39 is 0 Å². The molecule has 0 nitrogen and oxygen atoms in total. The summed E-state index contributed by atoms with van der Waals surface area (Å²) in [6, 6.07) is 8.86. The maximum atomic E-state index is 2.31. The van der Waals surface area contributed by atoms with E-state index in [9.17, 15) is 0 Å². The highest BCUT2D eigenvalue weighted by Crippen LogP contribution is 2.25. The van der Waals surface area contributed by atoms with Crippen molar-refractivity contribution < 1.29 is 0 Å². The Kier molecular flexibility index (Phi) is 3.67. The van der Waals surface area contributed by atoms with Gasteiger partial charge in [-0.05, 0) is 30.7 Å². The molecule has 0 saturated heterocycles. The lowest BCUT2D eigenvalue weighted by Gasteiger charge is -2.09. The van der Waals surface area contributed by atoms with Gasteiger partial charge in [0.1, 0.15) is 0 Å². The number of hydrogen-bond acceptors (Lipinski definition) is 1. The van der Waals surface area contributed by atoms with E-state index in [0.717, 1.165) is 6.42 Å². The van der Waals surface area contributed by atoms with Crippen LogP contribution in [-0.4, -0.2) is 6.26 Å². The molecule has 0 aliphatic heterocycles. The number of hydrogen-bond donors (Lipinski definition) is 0.